The van der Waals surface area contributed by atoms with E-state index >= 15 is 0 Å². The van der Waals surface area contributed by atoms with E-state index in [1.165, 1.54) is 22.7 Å². The second-order valence-electron chi connectivity index (χ2n) is 8.48. The van der Waals surface area contributed by atoms with Gasteiger partial charge in [0.1, 0.15) is 0 Å². The molecule has 0 bridgehead atoms. The van der Waals surface area contributed by atoms with Gasteiger partial charge in [-0.3, -0.25) is 29.0 Å². The molecule has 14 heteroatoms. The lowest BCUT2D eigenvalue weighted by molar-refractivity contribution is -0.124. The van der Waals surface area contributed by atoms with Gasteiger partial charge >= 0.3 is 6.03 Å². The van der Waals surface area contributed by atoms with Crippen molar-refractivity contribution in [2.24, 2.45) is 5.73 Å². The van der Waals surface area contributed by atoms with Crippen LogP contribution in [-0.4, -0.2) is 76.8 Å². The summed E-state index contributed by atoms with van der Waals surface area (Å²) in [7, 11) is 0. The molecular weight excluding hydrogens is 579 g/mol. The summed E-state index contributed by atoms with van der Waals surface area (Å²) < 4.78 is 0. The van der Waals surface area contributed by atoms with Gasteiger partial charge in [0.05, 0.1) is 15.6 Å². The zero-order chi connectivity index (χ0) is 27.8. The number of carbonyl (C=O) groups excluding carboxylic acids is 5. The summed E-state index contributed by atoms with van der Waals surface area (Å²) in [5, 5.41) is 8.82. The first-order valence-electron chi connectivity index (χ1n) is 12.1. The number of carbonyl (C=O) groups is 5. The lowest BCUT2D eigenvalue weighted by Gasteiger charge is -2.22. The first kappa shape index (κ1) is 29.1. The highest BCUT2D eigenvalue weighted by Gasteiger charge is 2.35. The normalized spacial score (nSPS) is 16.6. The van der Waals surface area contributed by atoms with E-state index in [4.69, 9.17) is 5.73 Å². The number of nitrogens with one attached hydrogen (secondary N) is 2. The number of amides is 6. The number of urea groups is 1. The van der Waals surface area contributed by atoms with Gasteiger partial charge in [-0.25, -0.2) is 4.79 Å². The number of hydrogen-bond acceptors (Lipinski definition) is 10. The van der Waals surface area contributed by atoms with Crippen molar-refractivity contribution in [3.8, 4) is 0 Å². The SMILES string of the molecule is NCCN(C(=O)NCCN1C(=O)S/C(=C/c2cccs2)C1=O)C(=O)/C(=C/c1cccs1)SCC(=O)NC1CC1. The highest BCUT2D eigenvalue weighted by atomic mass is 32.2. The monoisotopic (exact) mass is 605 g/mol. The molecule has 206 valence electrons. The third-order valence-corrected chi connectivity index (χ3v) is 9.03. The molecule has 4 N–H and O–H groups in total. The van der Waals surface area contributed by atoms with Crippen LogP contribution < -0.4 is 16.4 Å². The third-order valence-electron chi connectivity index (χ3n) is 5.47. The Balaban J connectivity index is 1.37. The van der Waals surface area contributed by atoms with Crippen LogP contribution in [-0.2, 0) is 14.4 Å². The molecule has 1 aliphatic carbocycles. The van der Waals surface area contributed by atoms with Gasteiger partial charge < -0.3 is 16.4 Å². The third kappa shape index (κ3) is 8.29. The van der Waals surface area contributed by atoms with Crippen molar-refractivity contribution in [3.63, 3.8) is 0 Å². The Morgan fingerprint density at radius 2 is 1.85 bits per heavy atom. The topological polar surface area (TPSA) is 142 Å². The number of hydrogen-bond donors (Lipinski definition) is 3. The Morgan fingerprint density at radius 3 is 2.49 bits per heavy atom. The highest BCUT2D eigenvalue weighted by Crippen LogP contribution is 2.32. The molecule has 0 unspecified atom stereocenters. The molecule has 4 rings (SSSR count). The number of nitrogens with zero attached hydrogens (tertiary/aromatic N) is 2. The van der Waals surface area contributed by atoms with Crippen LogP contribution in [0.5, 0.6) is 0 Å². The number of imide groups is 2. The minimum absolute atomic E-state index is 0.0366. The van der Waals surface area contributed by atoms with E-state index in [1.807, 2.05) is 35.0 Å². The molecule has 1 saturated carbocycles. The number of thiophene rings is 2. The molecule has 2 fully saturated rings. The molecule has 1 aliphatic heterocycles. The summed E-state index contributed by atoms with van der Waals surface area (Å²) >= 11 is 4.79. The lowest BCUT2D eigenvalue weighted by Crippen LogP contribution is -2.48. The quantitative estimate of drug-likeness (QED) is 0.313. The number of thioether (sulfide) groups is 2. The first-order valence-corrected chi connectivity index (χ1v) is 15.7. The fraction of sp³-hybridized carbons (Fsp3) is 0.320. The molecule has 2 aromatic heterocycles. The van der Waals surface area contributed by atoms with Crippen molar-refractivity contribution < 1.29 is 24.0 Å². The van der Waals surface area contributed by atoms with E-state index in [-0.39, 0.29) is 48.8 Å². The van der Waals surface area contributed by atoms with Crippen LogP contribution >= 0.6 is 46.2 Å². The fourth-order valence-electron chi connectivity index (χ4n) is 3.43. The van der Waals surface area contributed by atoms with Gasteiger partial charge in [-0.15, -0.1) is 34.4 Å². The average molecular weight is 606 g/mol. The summed E-state index contributed by atoms with van der Waals surface area (Å²) in [4.78, 5) is 68.0. The van der Waals surface area contributed by atoms with Crippen LogP contribution in [0.1, 0.15) is 22.6 Å². The highest BCUT2D eigenvalue weighted by molar-refractivity contribution is 8.18. The second-order valence-corrected chi connectivity index (χ2v) is 12.4. The van der Waals surface area contributed by atoms with E-state index in [1.54, 1.807) is 12.2 Å². The van der Waals surface area contributed by atoms with Crippen molar-refractivity contribution in [1.82, 2.24) is 20.4 Å². The molecular formula is C25H27N5O5S4. The van der Waals surface area contributed by atoms with Crippen LogP contribution in [0.25, 0.3) is 12.2 Å². The summed E-state index contributed by atoms with van der Waals surface area (Å²) in [6, 6.07) is 6.88. The fourth-order valence-corrected chi connectivity index (χ4v) is 6.56. The van der Waals surface area contributed by atoms with Crippen LogP contribution in [0.2, 0.25) is 0 Å². The van der Waals surface area contributed by atoms with E-state index in [0.29, 0.717) is 4.91 Å². The molecule has 1 saturated heterocycles. The molecule has 2 aromatic rings. The predicted molar refractivity (Wildman–Crippen MR) is 157 cm³/mol. The molecule has 0 aromatic carbocycles. The Hall–Kier alpha value is -2.91. The van der Waals surface area contributed by atoms with Gasteiger partial charge in [-0.05, 0) is 59.6 Å². The Morgan fingerprint density at radius 1 is 1.13 bits per heavy atom. The van der Waals surface area contributed by atoms with Crippen LogP contribution in [0.3, 0.4) is 0 Å². The van der Waals surface area contributed by atoms with Crippen molar-refractivity contribution in [3.05, 3.63) is 54.6 Å². The van der Waals surface area contributed by atoms with Crippen molar-refractivity contribution in [2.75, 3.05) is 31.9 Å². The summed E-state index contributed by atoms with van der Waals surface area (Å²) in [5.74, 6) is -1.15. The maximum absolute atomic E-state index is 13.4. The van der Waals surface area contributed by atoms with E-state index in [2.05, 4.69) is 10.6 Å². The zero-order valence-corrected chi connectivity index (χ0v) is 24.1. The van der Waals surface area contributed by atoms with Crippen molar-refractivity contribution in [1.29, 1.82) is 0 Å². The Kier molecular flexibility index (Phi) is 10.4. The van der Waals surface area contributed by atoms with Crippen LogP contribution in [0, 0.1) is 0 Å². The summed E-state index contributed by atoms with van der Waals surface area (Å²) in [5.41, 5.74) is 5.69. The van der Waals surface area contributed by atoms with Gasteiger partial charge in [0.25, 0.3) is 17.1 Å². The Bertz CT molecular complexity index is 1270. The summed E-state index contributed by atoms with van der Waals surface area (Å²) in [6.07, 6.45) is 5.23. The zero-order valence-electron chi connectivity index (χ0n) is 20.8. The molecule has 0 atom stereocenters. The van der Waals surface area contributed by atoms with E-state index < -0.39 is 23.1 Å². The second kappa shape index (κ2) is 13.9. The van der Waals surface area contributed by atoms with Gasteiger partial charge in [0.2, 0.25) is 5.91 Å². The standard InChI is InChI=1S/C25H27N5O5S4/c26-7-9-29(22(32)19(13-17-3-1-11-36-17)38-15-21(31)28-16-5-6-16)24(34)27-8-10-30-23(33)20(39-25(30)35)14-18-4-2-12-37-18/h1-4,11-14,16H,5-10,15,26H2,(H,27,34)(H,28,31)/b19-13-,20-14+. The maximum atomic E-state index is 13.4. The first-order chi connectivity index (χ1) is 18.9. The minimum Gasteiger partial charge on any atom is -0.353 e. The van der Waals surface area contributed by atoms with Crippen LogP contribution in [0.4, 0.5) is 9.59 Å². The van der Waals surface area contributed by atoms with Gasteiger partial charge in [-0.2, -0.15) is 0 Å². The number of rotatable bonds is 12. The van der Waals surface area contributed by atoms with E-state index in [0.717, 1.165) is 55.9 Å². The molecule has 0 radical (unpaired) electrons. The van der Waals surface area contributed by atoms with Crippen molar-refractivity contribution >= 4 is 87.3 Å². The summed E-state index contributed by atoms with van der Waals surface area (Å²) in [6.45, 7) is -0.101. The van der Waals surface area contributed by atoms with Crippen LogP contribution in [0.15, 0.2) is 44.8 Å². The molecule has 2 aliphatic rings. The van der Waals surface area contributed by atoms with Gasteiger partial charge in [0, 0.05) is 42.0 Å². The molecule has 3 heterocycles. The number of nitrogens with two attached hydrogens (primary N) is 1. The Labute approximate surface area is 242 Å². The predicted octanol–water partition coefficient (Wildman–Crippen LogP) is 3.40. The molecule has 6 amide bonds. The lowest BCUT2D eigenvalue weighted by atomic mass is 10.3. The van der Waals surface area contributed by atoms with E-state index in [9.17, 15) is 24.0 Å². The average Bonchev–Trinajstić information content (AvgIpc) is 3.26. The maximum Gasteiger partial charge on any atom is 0.324 e. The largest absolute Gasteiger partial charge is 0.353 e. The van der Waals surface area contributed by atoms with Gasteiger partial charge in [-0.1, -0.05) is 12.1 Å². The smallest absolute Gasteiger partial charge is 0.324 e. The molecule has 39 heavy (non-hydrogen) atoms. The van der Waals surface area contributed by atoms with Gasteiger partial charge in [0.15, 0.2) is 0 Å². The molecule has 0 spiro atoms. The molecule has 10 nitrogen and oxygen atoms in total. The van der Waals surface area contributed by atoms with Crippen molar-refractivity contribution in [2.45, 2.75) is 18.9 Å². The minimum atomic E-state index is -0.702.